The molecule has 0 saturated carbocycles. The first kappa shape index (κ1) is 49.9. The summed E-state index contributed by atoms with van der Waals surface area (Å²) in [4.78, 5) is 76.9. The second-order valence-electron chi connectivity index (χ2n) is 1.34. The van der Waals surface area contributed by atoms with Gasteiger partial charge in [0.05, 0.1) is 0 Å². The summed E-state index contributed by atoms with van der Waals surface area (Å²) in [5.41, 5.74) is 0. The van der Waals surface area contributed by atoms with Crippen molar-refractivity contribution in [3.05, 3.63) is 0 Å². The summed E-state index contributed by atoms with van der Waals surface area (Å²) < 4.78 is 25.6. The Labute approximate surface area is 224 Å². The van der Waals surface area contributed by atoms with E-state index < -0.39 is 23.5 Å². The molecule has 0 heterocycles. The Bertz CT molecular complexity index is 213. The van der Waals surface area contributed by atoms with Crippen molar-refractivity contribution in [2.24, 2.45) is 0 Å². The average molecular weight is 400 g/mol. The SMILES string of the molecule is O=P([O-])([O-])[O-].O=P([O-])([O-])[O-].O=P([O-])([O-])[O-].[Na+].[Na+].[Na+].[Na+].[Na+]. The Kier molecular flexibility index (Phi) is 60.7. The van der Waals surface area contributed by atoms with Gasteiger partial charge in [-0.15, -0.1) is 0 Å². The fraction of sp³-hybridized carbons (Fsp3) is 0. The van der Waals surface area contributed by atoms with Crippen LogP contribution in [0.1, 0.15) is 0 Å². The predicted molar refractivity (Wildman–Crippen MR) is 22.8 cm³/mol. The van der Waals surface area contributed by atoms with Gasteiger partial charge in [0, 0.05) is 0 Å². The average Bonchev–Trinajstić information content (AvgIpc) is 1.41. The summed E-state index contributed by atoms with van der Waals surface area (Å²) in [6.07, 6.45) is 0. The van der Waals surface area contributed by atoms with Gasteiger partial charge < -0.3 is 57.7 Å². The van der Waals surface area contributed by atoms with Crippen LogP contribution in [0.2, 0.25) is 0 Å². The predicted octanol–water partition coefficient (Wildman–Crippen LogP) is -23.5. The fourth-order valence-corrected chi connectivity index (χ4v) is 0. The molecule has 0 N–H and O–H groups in total. The molecule has 0 aliphatic heterocycles. The second-order valence-corrected chi connectivity index (χ2v) is 4.02. The minimum Gasteiger partial charge on any atom is -0.822 e. The quantitative estimate of drug-likeness (QED) is 0.271. The van der Waals surface area contributed by atoms with Crippen molar-refractivity contribution in [2.45, 2.75) is 0 Å². The van der Waals surface area contributed by atoms with Crippen molar-refractivity contribution >= 4 is 23.5 Å². The number of hydrogen-bond donors (Lipinski definition) is 0. The zero-order chi connectivity index (χ0) is 13.5. The Morgan fingerprint density at radius 1 is 0.350 bits per heavy atom. The number of rotatable bonds is 0. The number of phosphoric acid groups is 3. The zero-order valence-electron chi connectivity index (χ0n) is 11.2. The van der Waals surface area contributed by atoms with Gasteiger partial charge in [-0.05, 0) is 0 Å². The molecule has 0 spiro atoms. The number of hydrogen-bond acceptors (Lipinski definition) is 12. The molecule has 20 heavy (non-hydrogen) atoms. The van der Waals surface area contributed by atoms with Gasteiger partial charge in [0.1, 0.15) is 0 Å². The van der Waals surface area contributed by atoms with Gasteiger partial charge >= 0.3 is 148 Å². The van der Waals surface area contributed by atoms with Crippen LogP contribution in [0.5, 0.6) is 0 Å². The minimum absolute atomic E-state index is 0. The molecular weight excluding hydrogens is 400 g/mol. The molecule has 0 atom stereocenters. The van der Waals surface area contributed by atoms with Gasteiger partial charge in [-0.2, -0.15) is 23.5 Å². The van der Waals surface area contributed by atoms with E-state index >= 15 is 0 Å². The molecule has 0 bridgehead atoms. The Hall–Kier alpha value is 5.33. The molecular formula is Na5O12P3-4. The van der Waals surface area contributed by atoms with E-state index in [0.29, 0.717) is 0 Å². The van der Waals surface area contributed by atoms with Gasteiger partial charge in [-0.3, -0.25) is 0 Å². The summed E-state index contributed by atoms with van der Waals surface area (Å²) in [6.45, 7) is 0. The van der Waals surface area contributed by atoms with Crippen LogP contribution >= 0.6 is 23.5 Å². The maximum Gasteiger partial charge on any atom is 1.00 e. The Balaban J connectivity index is -0.0000000160. The third kappa shape index (κ3) is 409. The standard InChI is InChI=1S/5Na.3H3O4P/c;;;;;3*1-5(2,3)4/h;;;;;3*(H3,1,2,3,4)/q5*+1;;;/p-9. The molecule has 0 rings (SSSR count). The normalized spacial score (nSPS) is 8.85. The molecule has 0 saturated heterocycles. The van der Waals surface area contributed by atoms with Crippen LogP contribution in [0.25, 0.3) is 0 Å². The fourth-order valence-electron chi connectivity index (χ4n) is 0. The summed E-state index contributed by atoms with van der Waals surface area (Å²) in [7, 11) is -16.2. The van der Waals surface area contributed by atoms with Crippen LogP contribution in [0, 0.1) is 0 Å². The van der Waals surface area contributed by atoms with Gasteiger partial charge in [0.2, 0.25) is 0 Å². The molecule has 0 aliphatic rings. The van der Waals surface area contributed by atoms with E-state index in [-0.39, 0.29) is 148 Å². The van der Waals surface area contributed by atoms with E-state index in [4.69, 9.17) is 57.7 Å². The molecule has 12 nitrogen and oxygen atoms in total. The van der Waals surface area contributed by atoms with E-state index in [1.807, 2.05) is 0 Å². The molecule has 0 aromatic heterocycles. The van der Waals surface area contributed by atoms with Crippen molar-refractivity contribution in [3.8, 4) is 0 Å². The zero-order valence-corrected chi connectivity index (χ0v) is 23.9. The maximum atomic E-state index is 8.55. The summed E-state index contributed by atoms with van der Waals surface area (Å²) in [5.74, 6) is 0. The van der Waals surface area contributed by atoms with Gasteiger partial charge in [-0.25, -0.2) is 0 Å². The maximum absolute atomic E-state index is 8.55. The van der Waals surface area contributed by atoms with Crippen LogP contribution in [-0.4, -0.2) is 0 Å². The van der Waals surface area contributed by atoms with E-state index in [1.54, 1.807) is 0 Å². The van der Waals surface area contributed by atoms with Crippen molar-refractivity contribution < 1.29 is 206 Å². The molecule has 0 radical (unpaired) electrons. The van der Waals surface area contributed by atoms with Crippen molar-refractivity contribution in [1.82, 2.24) is 0 Å². The van der Waals surface area contributed by atoms with E-state index in [0.717, 1.165) is 0 Å². The van der Waals surface area contributed by atoms with Crippen molar-refractivity contribution in [2.75, 3.05) is 0 Å². The molecule has 0 amide bonds. The summed E-state index contributed by atoms with van der Waals surface area (Å²) in [5, 5.41) is 0. The van der Waals surface area contributed by atoms with Crippen LogP contribution < -0.4 is 192 Å². The third-order valence-corrected chi connectivity index (χ3v) is 0. The molecule has 96 valence electrons. The van der Waals surface area contributed by atoms with Crippen molar-refractivity contribution in [1.29, 1.82) is 0 Å². The molecule has 0 aromatic rings. The molecule has 0 aliphatic carbocycles. The van der Waals surface area contributed by atoms with Gasteiger partial charge in [0.25, 0.3) is 0 Å². The first-order chi connectivity index (χ1) is 6.00. The molecule has 0 aromatic carbocycles. The third-order valence-electron chi connectivity index (χ3n) is 0. The van der Waals surface area contributed by atoms with E-state index in [2.05, 4.69) is 0 Å². The van der Waals surface area contributed by atoms with Crippen LogP contribution in [0.4, 0.5) is 0 Å². The minimum atomic E-state index is -5.39. The molecule has 0 unspecified atom stereocenters. The topological polar surface area (TPSA) is 259 Å². The Morgan fingerprint density at radius 3 is 0.350 bits per heavy atom. The second kappa shape index (κ2) is 24.3. The monoisotopic (exact) mass is 400 g/mol. The van der Waals surface area contributed by atoms with Gasteiger partial charge in [-0.1, -0.05) is 0 Å². The van der Waals surface area contributed by atoms with E-state index in [1.165, 1.54) is 0 Å². The Morgan fingerprint density at radius 2 is 0.350 bits per heavy atom. The van der Waals surface area contributed by atoms with Crippen molar-refractivity contribution in [3.63, 3.8) is 0 Å². The summed E-state index contributed by atoms with van der Waals surface area (Å²) >= 11 is 0. The largest absolute Gasteiger partial charge is 1.00 e. The first-order valence-corrected chi connectivity index (χ1v) is 6.57. The van der Waals surface area contributed by atoms with Crippen LogP contribution in [0.3, 0.4) is 0 Å². The van der Waals surface area contributed by atoms with Crippen LogP contribution in [-0.2, 0) is 13.7 Å². The van der Waals surface area contributed by atoms with Gasteiger partial charge in [0.15, 0.2) is 0 Å². The molecule has 0 fully saturated rings. The smallest absolute Gasteiger partial charge is 0.822 e. The molecule has 20 heteroatoms. The summed E-state index contributed by atoms with van der Waals surface area (Å²) in [6, 6.07) is 0. The van der Waals surface area contributed by atoms with Crippen LogP contribution in [0.15, 0.2) is 0 Å². The van der Waals surface area contributed by atoms with E-state index in [9.17, 15) is 0 Å². The first-order valence-electron chi connectivity index (χ1n) is 2.19.